The Morgan fingerprint density at radius 2 is 1.53 bits per heavy atom. The van der Waals surface area contributed by atoms with Gasteiger partial charge in [-0.2, -0.15) is 0 Å². The van der Waals surface area contributed by atoms with Gasteiger partial charge in [0.1, 0.15) is 6.61 Å². The summed E-state index contributed by atoms with van der Waals surface area (Å²) in [7, 11) is 0. The highest BCUT2D eigenvalue weighted by atomic mass is 19.3. The zero-order valence-electron chi connectivity index (χ0n) is 9.86. The second-order valence-electron chi connectivity index (χ2n) is 5.28. The standard InChI is InChI=1S/C11H22F2O.CH4/c1-9(2)14-8-11(12,13)7-6-10(3,4)5;/h9H,6-8H2,1-5H3;1H4. The van der Waals surface area contributed by atoms with Crippen molar-refractivity contribution in [2.75, 3.05) is 6.61 Å². The zero-order valence-corrected chi connectivity index (χ0v) is 9.86. The molecule has 0 bridgehead atoms. The Morgan fingerprint density at radius 3 is 1.87 bits per heavy atom. The first-order valence-electron chi connectivity index (χ1n) is 5.12. The monoisotopic (exact) mass is 224 g/mol. The smallest absolute Gasteiger partial charge is 0.271 e. The van der Waals surface area contributed by atoms with Crippen molar-refractivity contribution in [2.24, 2.45) is 5.41 Å². The van der Waals surface area contributed by atoms with E-state index < -0.39 is 12.5 Å². The first-order chi connectivity index (χ1) is 6.12. The largest absolute Gasteiger partial charge is 0.373 e. The molecular weight excluding hydrogens is 198 g/mol. The Labute approximate surface area is 93.2 Å². The van der Waals surface area contributed by atoms with Crippen LogP contribution in [0.3, 0.4) is 0 Å². The van der Waals surface area contributed by atoms with Crippen molar-refractivity contribution in [3.8, 4) is 0 Å². The fraction of sp³-hybridized carbons (Fsp3) is 1.00. The van der Waals surface area contributed by atoms with Crippen LogP contribution in [0, 0.1) is 5.41 Å². The molecule has 0 aliphatic carbocycles. The van der Waals surface area contributed by atoms with Crippen molar-refractivity contribution in [3.05, 3.63) is 0 Å². The van der Waals surface area contributed by atoms with Crippen LogP contribution in [-0.2, 0) is 4.74 Å². The van der Waals surface area contributed by atoms with E-state index in [1.165, 1.54) is 0 Å². The molecule has 0 heterocycles. The van der Waals surface area contributed by atoms with Gasteiger partial charge >= 0.3 is 0 Å². The topological polar surface area (TPSA) is 9.23 Å². The summed E-state index contributed by atoms with van der Waals surface area (Å²) in [6.07, 6.45) is 0.292. The van der Waals surface area contributed by atoms with Gasteiger partial charge in [-0.1, -0.05) is 28.2 Å². The minimum absolute atomic E-state index is 0. The van der Waals surface area contributed by atoms with Crippen molar-refractivity contribution in [1.82, 2.24) is 0 Å². The molecular formula is C12H26F2O. The summed E-state index contributed by atoms with van der Waals surface area (Å²) < 4.78 is 31.3. The van der Waals surface area contributed by atoms with Crippen LogP contribution in [-0.4, -0.2) is 18.6 Å². The molecule has 0 aromatic carbocycles. The predicted molar refractivity (Wildman–Crippen MR) is 61.5 cm³/mol. The Hall–Kier alpha value is -0.180. The van der Waals surface area contributed by atoms with E-state index in [4.69, 9.17) is 4.74 Å². The number of hydrogen-bond acceptors (Lipinski definition) is 1. The number of hydrogen-bond donors (Lipinski definition) is 0. The predicted octanol–water partition coefficient (Wildman–Crippen LogP) is 4.51. The van der Waals surface area contributed by atoms with Crippen LogP contribution in [0.2, 0.25) is 0 Å². The number of ether oxygens (including phenoxy) is 1. The van der Waals surface area contributed by atoms with E-state index in [0.29, 0.717) is 6.42 Å². The van der Waals surface area contributed by atoms with Gasteiger partial charge in [0.2, 0.25) is 0 Å². The number of rotatable bonds is 5. The number of halogens is 2. The average molecular weight is 224 g/mol. The molecule has 0 radical (unpaired) electrons. The first kappa shape index (κ1) is 17.2. The first-order valence-corrected chi connectivity index (χ1v) is 5.12. The summed E-state index contributed by atoms with van der Waals surface area (Å²) in [6.45, 7) is 8.96. The van der Waals surface area contributed by atoms with E-state index >= 15 is 0 Å². The Balaban J connectivity index is 0. The summed E-state index contributed by atoms with van der Waals surface area (Å²) >= 11 is 0. The molecule has 0 rings (SSSR count). The third-order valence-corrected chi connectivity index (χ3v) is 1.87. The molecule has 0 atom stereocenters. The lowest BCUT2D eigenvalue weighted by Gasteiger charge is -2.23. The van der Waals surface area contributed by atoms with Crippen molar-refractivity contribution < 1.29 is 13.5 Å². The molecule has 0 N–H and O–H groups in total. The second-order valence-corrected chi connectivity index (χ2v) is 5.28. The molecule has 0 fully saturated rings. The Morgan fingerprint density at radius 1 is 1.07 bits per heavy atom. The van der Waals surface area contributed by atoms with E-state index in [-0.39, 0.29) is 25.4 Å². The zero-order chi connectivity index (χ0) is 11.4. The van der Waals surface area contributed by atoms with Gasteiger partial charge in [0.05, 0.1) is 6.10 Å². The van der Waals surface area contributed by atoms with Gasteiger partial charge in [-0.3, -0.25) is 0 Å². The van der Waals surface area contributed by atoms with E-state index in [1.807, 2.05) is 20.8 Å². The molecule has 0 unspecified atom stereocenters. The second kappa shape index (κ2) is 6.41. The van der Waals surface area contributed by atoms with Crippen LogP contribution in [0.1, 0.15) is 54.9 Å². The molecule has 0 aliphatic rings. The highest BCUT2D eigenvalue weighted by Crippen LogP contribution is 2.29. The molecule has 0 aromatic rings. The summed E-state index contributed by atoms with van der Waals surface area (Å²) in [5.74, 6) is -2.68. The SMILES string of the molecule is C.CC(C)OCC(F)(F)CCC(C)(C)C. The van der Waals surface area contributed by atoms with Crippen LogP contribution in [0.5, 0.6) is 0 Å². The molecule has 0 aliphatic heterocycles. The molecule has 94 valence electrons. The van der Waals surface area contributed by atoms with Gasteiger partial charge in [-0.15, -0.1) is 0 Å². The highest BCUT2D eigenvalue weighted by molar-refractivity contribution is 4.71. The summed E-state index contributed by atoms with van der Waals surface area (Å²) in [6, 6.07) is 0. The summed E-state index contributed by atoms with van der Waals surface area (Å²) in [5, 5.41) is 0. The van der Waals surface area contributed by atoms with Crippen molar-refractivity contribution >= 4 is 0 Å². The lowest BCUT2D eigenvalue weighted by atomic mass is 9.89. The maximum atomic E-state index is 13.2. The van der Waals surface area contributed by atoms with Gasteiger partial charge in [0, 0.05) is 6.42 Å². The van der Waals surface area contributed by atoms with Gasteiger partial charge in [0.25, 0.3) is 5.92 Å². The lowest BCUT2D eigenvalue weighted by Crippen LogP contribution is -2.27. The number of alkyl halides is 2. The van der Waals surface area contributed by atoms with Gasteiger partial charge < -0.3 is 4.74 Å². The van der Waals surface area contributed by atoms with Gasteiger partial charge in [-0.05, 0) is 25.7 Å². The molecule has 0 saturated carbocycles. The van der Waals surface area contributed by atoms with Crippen LogP contribution < -0.4 is 0 Å². The third kappa shape index (κ3) is 11.7. The summed E-state index contributed by atoms with van der Waals surface area (Å²) in [5.41, 5.74) is -0.0404. The van der Waals surface area contributed by atoms with Crippen LogP contribution in [0.25, 0.3) is 0 Å². The van der Waals surface area contributed by atoms with Crippen LogP contribution in [0.4, 0.5) is 8.78 Å². The fourth-order valence-corrected chi connectivity index (χ4v) is 0.919. The fourth-order valence-electron chi connectivity index (χ4n) is 0.919. The average Bonchev–Trinajstić information content (AvgIpc) is 1.97. The quantitative estimate of drug-likeness (QED) is 0.667. The van der Waals surface area contributed by atoms with Gasteiger partial charge in [0.15, 0.2) is 0 Å². The van der Waals surface area contributed by atoms with E-state index in [2.05, 4.69) is 0 Å². The van der Waals surface area contributed by atoms with Gasteiger partial charge in [-0.25, -0.2) is 8.78 Å². The maximum Gasteiger partial charge on any atom is 0.271 e. The summed E-state index contributed by atoms with van der Waals surface area (Å²) in [4.78, 5) is 0. The molecule has 15 heavy (non-hydrogen) atoms. The minimum atomic E-state index is -2.68. The van der Waals surface area contributed by atoms with Crippen molar-refractivity contribution in [3.63, 3.8) is 0 Å². The Bertz CT molecular complexity index is 159. The molecule has 1 nitrogen and oxygen atoms in total. The molecule has 3 heteroatoms. The molecule has 0 spiro atoms. The van der Waals surface area contributed by atoms with Crippen molar-refractivity contribution in [1.29, 1.82) is 0 Å². The normalized spacial score (nSPS) is 12.8. The minimum Gasteiger partial charge on any atom is -0.373 e. The Kier molecular flexibility index (Phi) is 7.36. The van der Waals surface area contributed by atoms with Crippen LogP contribution >= 0.6 is 0 Å². The maximum absolute atomic E-state index is 13.2. The highest BCUT2D eigenvalue weighted by Gasteiger charge is 2.31. The van der Waals surface area contributed by atoms with E-state index in [0.717, 1.165) is 0 Å². The molecule has 0 amide bonds. The van der Waals surface area contributed by atoms with Crippen LogP contribution in [0.15, 0.2) is 0 Å². The third-order valence-electron chi connectivity index (χ3n) is 1.87. The van der Waals surface area contributed by atoms with E-state index in [9.17, 15) is 8.78 Å². The molecule has 0 saturated heterocycles. The van der Waals surface area contributed by atoms with E-state index in [1.54, 1.807) is 13.8 Å². The van der Waals surface area contributed by atoms with Crippen molar-refractivity contribution in [2.45, 2.75) is 66.9 Å². The lowest BCUT2D eigenvalue weighted by molar-refractivity contribution is -0.101. The molecule has 0 aromatic heterocycles.